The molecule has 2 heterocycles. The maximum atomic E-state index is 5.98. The highest BCUT2D eigenvalue weighted by Crippen LogP contribution is 2.45. The Balaban J connectivity index is 1.56. The lowest BCUT2D eigenvalue weighted by molar-refractivity contribution is -0.141. The third-order valence-electron chi connectivity index (χ3n) is 4.76. The Labute approximate surface area is 124 Å². The van der Waals surface area contributed by atoms with Crippen molar-refractivity contribution in [2.45, 2.75) is 43.7 Å². The monoisotopic (exact) mass is 284 g/mol. The van der Waals surface area contributed by atoms with E-state index in [4.69, 9.17) is 10.5 Å². The molecule has 1 spiro atoms. The first-order chi connectivity index (χ1) is 10.2. The minimum absolute atomic E-state index is 0.131. The van der Waals surface area contributed by atoms with E-state index >= 15 is 0 Å². The van der Waals surface area contributed by atoms with Crippen LogP contribution in [0, 0.1) is 0 Å². The van der Waals surface area contributed by atoms with Gasteiger partial charge in [-0.3, -0.25) is 0 Å². The Morgan fingerprint density at radius 2 is 2.24 bits per heavy atom. The summed E-state index contributed by atoms with van der Waals surface area (Å²) in [6.45, 7) is 0.831. The van der Waals surface area contributed by atoms with Crippen LogP contribution in [0.15, 0.2) is 30.6 Å². The van der Waals surface area contributed by atoms with E-state index in [1.807, 2.05) is 35.3 Å². The van der Waals surface area contributed by atoms with Gasteiger partial charge in [0.1, 0.15) is 6.33 Å². The van der Waals surface area contributed by atoms with Crippen molar-refractivity contribution >= 4 is 5.69 Å². The Morgan fingerprint density at radius 1 is 1.33 bits per heavy atom. The van der Waals surface area contributed by atoms with Gasteiger partial charge in [0.15, 0.2) is 5.82 Å². The molecule has 0 radical (unpaired) electrons. The molecule has 1 aliphatic carbocycles. The van der Waals surface area contributed by atoms with E-state index in [0.29, 0.717) is 6.04 Å². The second kappa shape index (κ2) is 4.84. The number of nitrogens with two attached hydrogens (primary N) is 1. The van der Waals surface area contributed by atoms with E-state index in [-0.39, 0.29) is 5.60 Å². The molecule has 1 atom stereocenters. The van der Waals surface area contributed by atoms with Gasteiger partial charge >= 0.3 is 0 Å². The van der Waals surface area contributed by atoms with Gasteiger partial charge in [-0.25, -0.2) is 9.67 Å². The van der Waals surface area contributed by atoms with Crippen molar-refractivity contribution in [2.75, 3.05) is 12.3 Å². The summed E-state index contributed by atoms with van der Waals surface area (Å²) in [5.41, 5.74) is 7.67. The molecule has 1 aromatic heterocycles. The van der Waals surface area contributed by atoms with Crippen molar-refractivity contribution in [3.8, 4) is 11.4 Å². The molecule has 1 saturated carbocycles. The van der Waals surface area contributed by atoms with E-state index in [1.54, 1.807) is 0 Å². The molecule has 2 fully saturated rings. The van der Waals surface area contributed by atoms with Crippen LogP contribution in [0.4, 0.5) is 5.69 Å². The lowest BCUT2D eigenvalue weighted by Crippen LogP contribution is -2.46. The third kappa shape index (κ3) is 2.31. The molecule has 1 aliphatic heterocycles. The summed E-state index contributed by atoms with van der Waals surface area (Å²) < 4.78 is 8.00. The summed E-state index contributed by atoms with van der Waals surface area (Å²) in [6, 6.07) is 8.12. The summed E-state index contributed by atoms with van der Waals surface area (Å²) in [5.74, 6) is 0.747. The molecule has 2 aromatic rings. The number of nitrogens with zero attached hydrogens (tertiary/aromatic N) is 3. The standard InChI is InChI=1S/C16H20N4O/c17-13-4-1-3-12(9-13)15-18-11-20(19-15)14-5-8-21-16(10-14)6-2-7-16/h1,3-4,9,11,14H,2,5-8,10,17H2. The SMILES string of the molecule is Nc1cccc(-c2ncn(C3CCOC4(CCC4)C3)n2)c1. The molecule has 0 bridgehead atoms. The van der Waals surface area contributed by atoms with E-state index < -0.39 is 0 Å². The van der Waals surface area contributed by atoms with Gasteiger partial charge in [0.05, 0.1) is 11.6 Å². The zero-order valence-corrected chi connectivity index (χ0v) is 12.0. The smallest absolute Gasteiger partial charge is 0.181 e. The van der Waals surface area contributed by atoms with Gasteiger partial charge in [0.2, 0.25) is 0 Å². The molecule has 1 unspecified atom stereocenters. The average Bonchev–Trinajstić information content (AvgIpc) is 2.96. The number of benzene rings is 1. The van der Waals surface area contributed by atoms with E-state index in [9.17, 15) is 0 Å². The molecule has 2 aliphatic rings. The molecule has 110 valence electrons. The maximum absolute atomic E-state index is 5.98. The summed E-state index contributed by atoms with van der Waals surface area (Å²) in [7, 11) is 0. The largest absolute Gasteiger partial charge is 0.399 e. The van der Waals surface area contributed by atoms with E-state index in [2.05, 4.69) is 10.1 Å². The first kappa shape index (κ1) is 12.8. The molecule has 2 N–H and O–H groups in total. The van der Waals surface area contributed by atoms with Crippen LogP contribution in [-0.4, -0.2) is 27.0 Å². The Hall–Kier alpha value is -1.88. The van der Waals surface area contributed by atoms with E-state index in [0.717, 1.165) is 36.5 Å². The second-order valence-corrected chi connectivity index (χ2v) is 6.21. The van der Waals surface area contributed by atoms with Gasteiger partial charge < -0.3 is 10.5 Å². The Morgan fingerprint density at radius 3 is 3.00 bits per heavy atom. The minimum atomic E-state index is 0.131. The van der Waals surface area contributed by atoms with Crippen LogP contribution in [0.5, 0.6) is 0 Å². The van der Waals surface area contributed by atoms with Gasteiger partial charge in [-0.05, 0) is 44.2 Å². The van der Waals surface area contributed by atoms with Crippen molar-refractivity contribution in [2.24, 2.45) is 0 Å². The summed E-state index contributed by atoms with van der Waals surface area (Å²) in [6.07, 6.45) is 7.61. The van der Waals surface area contributed by atoms with Crippen molar-refractivity contribution in [1.82, 2.24) is 14.8 Å². The first-order valence-corrected chi connectivity index (χ1v) is 7.65. The number of hydrogen-bond donors (Lipinski definition) is 1. The van der Waals surface area contributed by atoms with Crippen LogP contribution >= 0.6 is 0 Å². The maximum Gasteiger partial charge on any atom is 0.181 e. The highest BCUT2D eigenvalue weighted by Gasteiger charge is 2.43. The number of anilines is 1. The highest BCUT2D eigenvalue weighted by molar-refractivity contribution is 5.60. The fourth-order valence-corrected chi connectivity index (χ4v) is 3.41. The van der Waals surface area contributed by atoms with Crippen molar-refractivity contribution < 1.29 is 4.74 Å². The molecular formula is C16H20N4O. The fourth-order valence-electron chi connectivity index (χ4n) is 3.41. The lowest BCUT2D eigenvalue weighted by atomic mass is 9.74. The molecule has 0 amide bonds. The van der Waals surface area contributed by atoms with Crippen molar-refractivity contribution in [3.63, 3.8) is 0 Å². The van der Waals surface area contributed by atoms with Crippen LogP contribution in [-0.2, 0) is 4.74 Å². The van der Waals surface area contributed by atoms with Crippen LogP contribution in [0.25, 0.3) is 11.4 Å². The van der Waals surface area contributed by atoms with Gasteiger partial charge in [-0.2, -0.15) is 5.10 Å². The molecule has 5 heteroatoms. The quantitative estimate of drug-likeness (QED) is 0.861. The number of rotatable bonds is 2. The van der Waals surface area contributed by atoms with Gasteiger partial charge in [-0.15, -0.1) is 0 Å². The van der Waals surface area contributed by atoms with Crippen molar-refractivity contribution in [1.29, 1.82) is 0 Å². The summed E-state index contributed by atoms with van der Waals surface area (Å²) in [4.78, 5) is 4.45. The van der Waals surface area contributed by atoms with Crippen LogP contribution < -0.4 is 5.73 Å². The van der Waals surface area contributed by atoms with Crippen molar-refractivity contribution in [3.05, 3.63) is 30.6 Å². The molecule has 1 saturated heterocycles. The normalized spacial score (nSPS) is 23.9. The van der Waals surface area contributed by atoms with Crippen LogP contribution in [0.1, 0.15) is 38.1 Å². The summed E-state index contributed by atoms with van der Waals surface area (Å²) in [5, 5.41) is 4.66. The average molecular weight is 284 g/mol. The van der Waals surface area contributed by atoms with Gasteiger partial charge in [0.25, 0.3) is 0 Å². The van der Waals surface area contributed by atoms with Gasteiger partial charge in [-0.1, -0.05) is 12.1 Å². The summed E-state index contributed by atoms with van der Waals surface area (Å²) >= 11 is 0. The predicted molar refractivity (Wildman–Crippen MR) is 80.7 cm³/mol. The minimum Gasteiger partial charge on any atom is -0.399 e. The number of nitrogen functional groups attached to an aromatic ring is 1. The van der Waals surface area contributed by atoms with E-state index in [1.165, 1.54) is 19.3 Å². The zero-order chi connectivity index (χ0) is 14.3. The molecule has 4 rings (SSSR count). The van der Waals surface area contributed by atoms with Crippen LogP contribution in [0.3, 0.4) is 0 Å². The number of hydrogen-bond acceptors (Lipinski definition) is 4. The molecule has 5 nitrogen and oxygen atoms in total. The molecule has 1 aromatic carbocycles. The molecule has 21 heavy (non-hydrogen) atoms. The third-order valence-corrected chi connectivity index (χ3v) is 4.76. The Bertz CT molecular complexity index is 647. The highest BCUT2D eigenvalue weighted by atomic mass is 16.5. The van der Waals surface area contributed by atoms with Crippen LogP contribution in [0.2, 0.25) is 0 Å². The lowest BCUT2D eigenvalue weighted by Gasteiger charge is -2.47. The number of ether oxygens (including phenoxy) is 1. The Kier molecular flexibility index (Phi) is 2.96. The predicted octanol–water partition coefficient (Wildman–Crippen LogP) is 2.80. The van der Waals surface area contributed by atoms with Gasteiger partial charge in [0, 0.05) is 17.9 Å². The number of aromatic nitrogens is 3. The first-order valence-electron chi connectivity index (χ1n) is 7.65. The topological polar surface area (TPSA) is 66.0 Å². The molecular weight excluding hydrogens is 264 g/mol. The fraction of sp³-hybridized carbons (Fsp3) is 0.500. The second-order valence-electron chi connectivity index (χ2n) is 6.21. The zero-order valence-electron chi connectivity index (χ0n) is 12.0.